The second-order valence-electron chi connectivity index (χ2n) is 7.57. The van der Waals surface area contributed by atoms with Crippen LogP contribution in [0.1, 0.15) is 35.7 Å². The maximum Gasteiger partial charge on any atom is 0.288 e. The van der Waals surface area contributed by atoms with E-state index in [1.54, 1.807) is 7.11 Å². The Bertz CT molecular complexity index is 1110. The van der Waals surface area contributed by atoms with E-state index in [4.69, 9.17) is 4.74 Å². The molecular weight excluding hydrogens is 402 g/mol. The Morgan fingerprint density at radius 3 is 3.00 bits per heavy atom. The molecule has 1 amide bonds. The summed E-state index contributed by atoms with van der Waals surface area (Å²) in [5.41, 5.74) is 0.546. The highest BCUT2D eigenvalue weighted by molar-refractivity contribution is 7.20. The van der Waals surface area contributed by atoms with Gasteiger partial charge in [0.05, 0.1) is 7.11 Å². The fourth-order valence-corrected chi connectivity index (χ4v) is 4.63. The third kappa shape index (κ3) is 4.16. The first-order chi connectivity index (χ1) is 14.6. The molecule has 1 N–H and O–H groups in total. The first-order valence-electron chi connectivity index (χ1n) is 10.1. The lowest BCUT2D eigenvalue weighted by molar-refractivity contribution is 0.0952. The van der Waals surface area contributed by atoms with Crippen molar-refractivity contribution >= 4 is 27.3 Å². The van der Waals surface area contributed by atoms with Gasteiger partial charge < -0.3 is 15.0 Å². The molecular formula is C21H25N5O3S. The van der Waals surface area contributed by atoms with Crippen LogP contribution in [-0.4, -0.2) is 47.2 Å². The average Bonchev–Trinajstić information content (AvgIpc) is 3.20. The number of carbonyl (C=O) groups excluding carboxylic acids is 1. The molecule has 0 aliphatic carbocycles. The molecule has 0 saturated carbocycles. The van der Waals surface area contributed by atoms with Gasteiger partial charge in [-0.15, -0.1) is 5.10 Å². The molecule has 1 aromatic carbocycles. The van der Waals surface area contributed by atoms with E-state index >= 15 is 0 Å². The molecule has 2 aromatic heterocycles. The van der Waals surface area contributed by atoms with Crippen molar-refractivity contribution in [3.05, 3.63) is 51.9 Å². The topological polar surface area (TPSA) is 88.8 Å². The number of piperidine rings is 1. The zero-order chi connectivity index (χ0) is 21.1. The van der Waals surface area contributed by atoms with E-state index in [0.717, 1.165) is 36.0 Å². The SMILES string of the molecule is COc1ccccc1CCNC(=O)c1cnc2sc(N3CCC[C@@H](C)C3)nn2c1=O. The highest BCUT2D eigenvalue weighted by atomic mass is 32.1. The molecule has 3 heterocycles. The first kappa shape index (κ1) is 20.3. The molecule has 4 rings (SSSR count). The summed E-state index contributed by atoms with van der Waals surface area (Å²) in [6.07, 6.45) is 4.26. The van der Waals surface area contributed by atoms with Gasteiger partial charge in [-0.05, 0) is 36.8 Å². The standard InChI is InChI=1S/C21H25N5O3S/c1-14-6-5-11-25(13-14)21-24-26-19(28)16(12-23-20(26)30-21)18(27)22-10-9-15-7-3-4-8-17(15)29-2/h3-4,7-8,12,14H,5-6,9-11,13H2,1-2H3,(H,22,27)/t14-/m1/s1. The van der Waals surface area contributed by atoms with Crippen molar-refractivity contribution in [2.45, 2.75) is 26.2 Å². The molecule has 9 heteroatoms. The lowest BCUT2D eigenvalue weighted by Crippen LogP contribution is -2.35. The van der Waals surface area contributed by atoms with Crippen molar-refractivity contribution in [1.29, 1.82) is 0 Å². The lowest BCUT2D eigenvalue weighted by Gasteiger charge is -2.30. The Morgan fingerprint density at radius 2 is 2.20 bits per heavy atom. The van der Waals surface area contributed by atoms with Crippen molar-refractivity contribution in [3.8, 4) is 5.75 Å². The van der Waals surface area contributed by atoms with E-state index in [-0.39, 0.29) is 5.56 Å². The summed E-state index contributed by atoms with van der Waals surface area (Å²) < 4.78 is 6.57. The van der Waals surface area contributed by atoms with Gasteiger partial charge in [0.2, 0.25) is 10.1 Å². The van der Waals surface area contributed by atoms with Gasteiger partial charge in [0.25, 0.3) is 11.5 Å². The van der Waals surface area contributed by atoms with Gasteiger partial charge in [0.1, 0.15) is 11.3 Å². The molecule has 3 aromatic rings. The normalized spacial score (nSPS) is 16.6. The maximum absolute atomic E-state index is 12.8. The zero-order valence-electron chi connectivity index (χ0n) is 17.1. The number of hydrogen-bond acceptors (Lipinski definition) is 7. The van der Waals surface area contributed by atoms with E-state index in [1.165, 1.54) is 28.5 Å². The smallest absolute Gasteiger partial charge is 0.288 e. The van der Waals surface area contributed by atoms with E-state index in [9.17, 15) is 9.59 Å². The van der Waals surface area contributed by atoms with Crippen molar-refractivity contribution in [2.75, 3.05) is 31.6 Å². The number of carbonyl (C=O) groups is 1. The second kappa shape index (κ2) is 8.83. The molecule has 30 heavy (non-hydrogen) atoms. The number of methoxy groups -OCH3 is 1. The van der Waals surface area contributed by atoms with Crippen LogP contribution in [0.25, 0.3) is 4.96 Å². The van der Waals surface area contributed by atoms with Crippen LogP contribution in [0, 0.1) is 5.92 Å². The number of rotatable bonds is 6. The van der Waals surface area contributed by atoms with Crippen LogP contribution in [-0.2, 0) is 6.42 Å². The van der Waals surface area contributed by atoms with Crippen LogP contribution < -0.4 is 20.5 Å². The van der Waals surface area contributed by atoms with E-state index in [0.29, 0.717) is 23.8 Å². The molecule has 1 atom stereocenters. The monoisotopic (exact) mass is 427 g/mol. The molecule has 0 unspecified atom stereocenters. The minimum atomic E-state index is -0.446. The molecule has 1 aliphatic rings. The van der Waals surface area contributed by atoms with Crippen molar-refractivity contribution < 1.29 is 9.53 Å². The number of hydrogen-bond donors (Lipinski definition) is 1. The van der Waals surface area contributed by atoms with E-state index in [1.807, 2.05) is 24.3 Å². The van der Waals surface area contributed by atoms with E-state index < -0.39 is 11.5 Å². The average molecular weight is 428 g/mol. The van der Waals surface area contributed by atoms with Crippen LogP contribution in [0.5, 0.6) is 5.75 Å². The number of fused-ring (bicyclic) bond motifs is 1. The summed E-state index contributed by atoms with van der Waals surface area (Å²) in [7, 11) is 1.62. The van der Waals surface area contributed by atoms with Gasteiger partial charge in [-0.25, -0.2) is 4.98 Å². The van der Waals surface area contributed by atoms with Crippen molar-refractivity contribution in [1.82, 2.24) is 19.9 Å². The number of nitrogens with one attached hydrogen (secondary N) is 1. The Balaban J connectivity index is 1.47. The number of para-hydroxylation sites is 1. The van der Waals surface area contributed by atoms with Crippen LogP contribution in [0.15, 0.2) is 35.3 Å². The molecule has 8 nitrogen and oxygen atoms in total. The lowest BCUT2D eigenvalue weighted by atomic mass is 10.0. The van der Waals surface area contributed by atoms with Crippen molar-refractivity contribution in [2.24, 2.45) is 5.92 Å². The summed E-state index contributed by atoms with van der Waals surface area (Å²) in [6, 6.07) is 7.65. The molecule has 158 valence electrons. The largest absolute Gasteiger partial charge is 0.496 e. The Kier molecular flexibility index (Phi) is 5.98. The quantitative estimate of drug-likeness (QED) is 0.650. The predicted molar refractivity (Wildman–Crippen MR) is 117 cm³/mol. The molecule has 1 fully saturated rings. The minimum absolute atomic E-state index is 0.00334. The molecule has 1 saturated heterocycles. The summed E-state index contributed by atoms with van der Waals surface area (Å²) >= 11 is 1.38. The van der Waals surface area contributed by atoms with Gasteiger partial charge in [0, 0.05) is 25.8 Å². The fraction of sp³-hybridized carbons (Fsp3) is 0.429. The number of amides is 1. The number of anilines is 1. The fourth-order valence-electron chi connectivity index (χ4n) is 3.74. The summed E-state index contributed by atoms with van der Waals surface area (Å²) in [5, 5.41) is 8.03. The number of benzene rings is 1. The van der Waals surface area contributed by atoms with E-state index in [2.05, 4.69) is 27.2 Å². The minimum Gasteiger partial charge on any atom is -0.496 e. The Morgan fingerprint density at radius 1 is 1.37 bits per heavy atom. The van der Waals surface area contributed by atoms with Gasteiger partial charge in [0.15, 0.2) is 0 Å². The molecule has 0 radical (unpaired) electrons. The second-order valence-corrected chi connectivity index (χ2v) is 8.50. The Hall–Kier alpha value is -2.94. The number of nitrogens with zero attached hydrogens (tertiary/aromatic N) is 4. The molecule has 0 bridgehead atoms. The zero-order valence-corrected chi connectivity index (χ0v) is 17.9. The summed E-state index contributed by atoms with van der Waals surface area (Å²) in [4.78, 5) is 32.4. The number of ether oxygens (including phenoxy) is 1. The summed E-state index contributed by atoms with van der Waals surface area (Å²) in [6.45, 7) is 4.45. The molecule has 0 spiro atoms. The van der Waals surface area contributed by atoms with Gasteiger partial charge >= 0.3 is 0 Å². The van der Waals surface area contributed by atoms with Crippen LogP contribution in [0.2, 0.25) is 0 Å². The highest BCUT2D eigenvalue weighted by Gasteiger charge is 2.22. The maximum atomic E-state index is 12.8. The first-order valence-corrected chi connectivity index (χ1v) is 10.9. The van der Waals surface area contributed by atoms with Gasteiger partial charge in [-0.1, -0.05) is 36.5 Å². The predicted octanol–water partition coefficient (Wildman–Crippen LogP) is 2.37. The van der Waals surface area contributed by atoms with Crippen molar-refractivity contribution in [3.63, 3.8) is 0 Å². The van der Waals surface area contributed by atoms with Gasteiger partial charge in [-0.3, -0.25) is 9.59 Å². The van der Waals surface area contributed by atoms with Crippen LogP contribution in [0.3, 0.4) is 0 Å². The highest BCUT2D eigenvalue weighted by Crippen LogP contribution is 2.26. The van der Waals surface area contributed by atoms with Gasteiger partial charge in [-0.2, -0.15) is 4.52 Å². The summed E-state index contributed by atoms with van der Waals surface area (Å²) in [5.74, 6) is 0.926. The Labute approximate surface area is 178 Å². The van der Waals surface area contributed by atoms with Crippen LogP contribution >= 0.6 is 11.3 Å². The third-order valence-corrected chi connectivity index (χ3v) is 6.30. The molecule has 1 aliphatic heterocycles. The third-order valence-electron chi connectivity index (χ3n) is 5.32. The number of aromatic nitrogens is 3. The van der Waals surface area contributed by atoms with Crippen LogP contribution in [0.4, 0.5) is 5.13 Å².